The number of halogens is 1. The quantitative estimate of drug-likeness (QED) is 0.737. The van der Waals surface area contributed by atoms with Gasteiger partial charge in [0.25, 0.3) is 5.91 Å². The van der Waals surface area contributed by atoms with Crippen LogP contribution in [0.5, 0.6) is 0 Å². The summed E-state index contributed by atoms with van der Waals surface area (Å²) in [5, 5.41) is 2.70. The summed E-state index contributed by atoms with van der Waals surface area (Å²) in [6, 6.07) is 14.1. The van der Waals surface area contributed by atoms with Gasteiger partial charge in [-0.25, -0.2) is 4.39 Å². The number of hydrogen-bond donors (Lipinski definition) is 1. The number of nitrogens with zero attached hydrogens (tertiary/aromatic N) is 1. The molecule has 1 N–H and O–H groups in total. The van der Waals surface area contributed by atoms with E-state index in [1.54, 1.807) is 18.2 Å². The van der Waals surface area contributed by atoms with Crippen LogP contribution in [0.15, 0.2) is 48.5 Å². The molecule has 2 rings (SSSR count). The van der Waals surface area contributed by atoms with E-state index in [1.165, 1.54) is 6.07 Å². The second-order valence-electron chi connectivity index (χ2n) is 6.09. The molecule has 0 aromatic heterocycles. The van der Waals surface area contributed by atoms with Crippen LogP contribution in [0.1, 0.15) is 17.5 Å². The zero-order valence-electron chi connectivity index (χ0n) is 15.0. The molecule has 0 heterocycles. The molecule has 2 aromatic rings. The van der Waals surface area contributed by atoms with Gasteiger partial charge in [-0.2, -0.15) is 0 Å². The lowest BCUT2D eigenvalue weighted by Gasteiger charge is -2.13. The molecule has 0 saturated carbocycles. The molecule has 0 aliphatic heterocycles. The smallest absolute Gasteiger partial charge is 0.306 e. The van der Waals surface area contributed by atoms with E-state index in [1.807, 2.05) is 43.3 Å². The molecule has 1 amide bonds. The summed E-state index contributed by atoms with van der Waals surface area (Å²) in [5.41, 5.74) is 2.48. The van der Waals surface area contributed by atoms with E-state index in [9.17, 15) is 14.0 Å². The minimum Gasteiger partial charge on any atom is -0.456 e. The van der Waals surface area contributed by atoms with E-state index in [4.69, 9.17) is 4.74 Å². The highest BCUT2D eigenvalue weighted by Crippen LogP contribution is 2.12. The van der Waals surface area contributed by atoms with Crippen LogP contribution in [0, 0.1) is 5.82 Å². The lowest BCUT2D eigenvalue weighted by molar-refractivity contribution is -0.148. The van der Waals surface area contributed by atoms with Crippen molar-refractivity contribution in [3.8, 4) is 0 Å². The van der Waals surface area contributed by atoms with E-state index in [0.29, 0.717) is 12.1 Å². The summed E-state index contributed by atoms with van der Waals surface area (Å²) < 4.78 is 18.4. The predicted octanol–water partition coefficient (Wildman–Crippen LogP) is 2.68. The summed E-state index contributed by atoms with van der Waals surface area (Å²) in [6.45, 7) is 0.0191. The minimum absolute atomic E-state index is 0.0280. The first-order chi connectivity index (χ1) is 12.5. The number of carbonyl (C=O) groups is 2. The van der Waals surface area contributed by atoms with E-state index < -0.39 is 5.97 Å². The highest BCUT2D eigenvalue weighted by Gasteiger charge is 2.09. The van der Waals surface area contributed by atoms with Gasteiger partial charge in [0.1, 0.15) is 5.82 Å². The van der Waals surface area contributed by atoms with E-state index in [-0.39, 0.29) is 31.2 Å². The van der Waals surface area contributed by atoms with Crippen LogP contribution in [0.25, 0.3) is 0 Å². The molecular formula is C20H23FN2O3. The third kappa shape index (κ3) is 6.20. The zero-order valence-corrected chi connectivity index (χ0v) is 15.0. The lowest BCUT2D eigenvalue weighted by atomic mass is 10.1. The highest BCUT2D eigenvalue weighted by atomic mass is 19.1. The zero-order chi connectivity index (χ0) is 18.9. The number of esters is 1. The summed E-state index contributed by atoms with van der Waals surface area (Å²) in [5.74, 6) is -1.25. The SMILES string of the molecule is CN(C)c1ccc(CNC(=O)COC(=O)CCc2ccccc2F)cc1. The molecule has 138 valence electrons. The van der Waals surface area contributed by atoms with Gasteiger partial charge in [-0.1, -0.05) is 30.3 Å². The Labute approximate surface area is 152 Å². The van der Waals surface area contributed by atoms with Crippen LogP contribution in [0.3, 0.4) is 0 Å². The summed E-state index contributed by atoms with van der Waals surface area (Å²) in [6.07, 6.45) is 0.269. The van der Waals surface area contributed by atoms with Crippen molar-refractivity contribution in [1.82, 2.24) is 5.32 Å². The summed E-state index contributed by atoms with van der Waals surface area (Å²) in [7, 11) is 3.91. The van der Waals surface area contributed by atoms with Gasteiger partial charge >= 0.3 is 5.97 Å². The number of benzene rings is 2. The fourth-order valence-electron chi connectivity index (χ4n) is 2.32. The second kappa shape index (κ2) is 9.56. The number of rotatable bonds is 8. The van der Waals surface area contributed by atoms with Crippen molar-refractivity contribution in [2.24, 2.45) is 0 Å². The van der Waals surface area contributed by atoms with Crippen LogP contribution in [-0.4, -0.2) is 32.6 Å². The Morgan fingerprint density at radius 1 is 1.08 bits per heavy atom. The maximum absolute atomic E-state index is 13.5. The molecule has 26 heavy (non-hydrogen) atoms. The van der Waals surface area contributed by atoms with E-state index in [2.05, 4.69) is 5.32 Å². The van der Waals surface area contributed by atoms with E-state index >= 15 is 0 Å². The molecule has 0 unspecified atom stereocenters. The first-order valence-corrected chi connectivity index (χ1v) is 8.37. The van der Waals surface area contributed by atoms with E-state index in [0.717, 1.165) is 11.3 Å². The molecule has 0 radical (unpaired) electrons. The highest BCUT2D eigenvalue weighted by molar-refractivity contribution is 5.80. The molecule has 0 bridgehead atoms. The fraction of sp³-hybridized carbons (Fsp3) is 0.300. The number of nitrogens with one attached hydrogen (secondary N) is 1. The monoisotopic (exact) mass is 358 g/mol. The first-order valence-electron chi connectivity index (χ1n) is 8.37. The first kappa shape index (κ1) is 19.4. The Bertz CT molecular complexity index is 745. The van der Waals surface area contributed by atoms with Crippen molar-refractivity contribution < 1.29 is 18.7 Å². The van der Waals surface area contributed by atoms with Gasteiger partial charge in [0.2, 0.25) is 0 Å². The lowest BCUT2D eigenvalue weighted by Crippen LogP contribution is -2.28. The van der Waals surface area contributed by atoms with Gasteiger partial charge in [-0.05, 0) is 35.7 Å². The minimum atomic E-state index is -0.529. The number of carbonyl (C=O) groups excluding carboxylic acids is 2. The number of hydrogen-bond acceptors (Lipinski definition) is 4. The predicted molar refractivity (Wildman–Crippen MR) is 98.3 cm³/mol. The third-order valence-electron chi connectivity index (χ3n) is 3.86. The number of amides is 1. The topological polar surface area (TPSA) is 58.6 Å². The van der Waals surface area contributed by atoms with Crippen LogP contribution in [0.4, 0.5) is 10.1 Å². The van der Waals surface area contributed by atoms with Crippen molar-refractivity contribution in [2.45, 2.75) is 19.4 Å². The van der Waals surface area contributed by atoms with Crippen LogP contribution < -0.4 is 10.2 Å². The van der Waals surface area contributed by atoms with Gasteiger partial charge in [-0.15, -0.1) is 0 Å². The van der Waals surface area contributed by atoms with Crippen LogP contribution in [0.2, 0.25) is 0 Å². The van der Waals surface area contributed by atoms with Crippen molar-refractivity contribution in [1.29, 1.82) is 0 Å². The van der Waals surface area contributed by atoms with Gasteiger partial charge < -0.3 is 15.0 Å². The molecule has 0 aliphatic carbocycles. The van der Waals surface area contributed by atoms with Gasteiger partial charge in [0, 0.05) is 32.7 Å². The normalized spacial score (nSPS) is 10.3. The van der Waals surface area contributed by atoms with Crippen LogP contribution >= 0.6 is 0 Å². The Kier molecular flexibility index (Phi) is 7.14. The maximum Gasteiger partial charge on any atom is 0.306 e. The standard InChI is InChI=1S/C20H23FN2O3/c1-23(2)17-10-7-15(8-11-17)13-22-19(24)14-26-20(25)12-9-16-5-3-4-6-18(16)21/h3-8,10-11H,9,12-14H2,1-2H3,(H,22,24). The third-order valence-corrected chi connectivity index (χ3v) is 3.86. The number of ether oxygens (including phenoxy) is 1. The molecule has 0 spiro atoms. The molecule has 0 atom stereocenters. The number of aryl methyl sites for hydroxylation is 1. The summed E-state index contributed by atoms with van der Waals surface area (Å²) in [4.78, 5) is 25.4. The molecule has 0 fully saturated rings. The van der Waals surface area contributed by atoms with Crippen molar-refractivity contribution in [2.75, 3.05) is 25.6 Å². The van der Waals surface area contributed by atoms with Crippen molar-refractivity contribution >= 4 is 17.6 Å². The van der Waals surface area contributed by atoms with Crippen LogP contribution in [-0.2, 0) is 27.3 Å². The maximum atomic E-state index is 13.5. The average molecular weight is 358 g/mol. The average Bonchev–Trinajstić information content (AvgIpc) is 2.64. The molecule has 6 heteroatoms. The second-order valence-corrected chi connectivity index (χ2v) is 6.09. The van der Waals surface area contributed by atoms with Crippen molar-refractivity contribution in [3.63, 3.8) is 0 Å². The Morgan fingerprint density at radius 3 is 2.42 bits per heavy atom. The van der Waals surface area contributed by atoms with Gasteiger partial charge in [-0.3, -0.25) is 9.59 Å². The Balaban J connectivity index is 1.68. The molecule has 0 aliphatic rings. The van der Waals surface area contributed by atoms with Crippen molar-refractivity contribution in [3.05, 3.63) is 65.5 Å². The number of anilines is 1. The molecule has 2 aromatic carbocycles. The Hall–Kier alpha value is -2.89. The van der Waals surface area contributed by atoms with Gasteiger partial charge in [0.15, 0.2) is 6.61 Å². The van der Waals surface area contributed by atoms with Gasteiger partial charge in [0.05, 0.1) is 0 Å². The fourth-order valence-corrected chi connectivity index (χ4v) is 2.32. The molecule has 0 saturated heterocycles. The molecular weight excluding hydrogens is 335 g/mol. The largest absolute Gasteiger partial charge is 0.456 e. The Morgan fingerprint density at radius 2 is 1.77 bits per heavy atom. The molecule has 5 nitrogen and oxygen atoms in total. The summed E-state index contributed by atoms with van der Waals surface area (Å²) >= 11 is 0.